The Kier molecular flexibility index (Phi) is 3.82. The normalized spacial score (nSPS) is 34.0. The summed E-state index contributed by atoms with van der Waals surface area (Å²) in [5.41, 5.74) is 0. The van der Waals surface area contributed by atoms with Crippen LogP contribution in [0.3, 0.4) is 0 Å². The lowest BCUT2D eigenvalue weighted by molar-refractivity contribution is -0.121. The molecule has 4 heteroatoms. The van der Waals surface area contributed by atoms with Gasteiger partial charge in [0.25, 0.3) is 0 Å². The Labute approximate surface area is 97.1 Å². The van der Waals surface area contributed by atoms with Gasteiger partial charge in [-0.1, -0.05) is 6.92 Å². The zero-order valence-electron chi connectivity index (χ0n) is 10.2. The van der Waals surface area contributed by atoms with Crippen molar-refractivity contribution in [3.05, 3.63) is 0 Å². The number of carbonyl (C=O) groups excluding carboxylic acids is 1. The number of fused-ring (bicyclic) bond motifs is 2. The SMILES string of the molecule is CCC(C)NCC(=O)NC1CC2CCC1O2. The highest BCUT2D eigenvalue weighted by Gasteiger charge is 2.41. The standard InChI is InChI=1S/C12H22N2O2/c1-3-8(2)13-7-12(15)14-10-6-9-4-5-11(10)16-9/h8-11,13H,3-7H2,1-2H3,(H,14,15). The van der Waals surface area contributed by atoms with Gasteiger partial charge in [0.1, 0.15) is 0 Å². The molecule has 0 aliphatic carbocycles. The van der Waals surface area contributed by atoms with Crippen molar-refractivity contribution in [3.63, 3.8) is 0 Å². The van der Waals surface area contributed by atoms with Crippen LogP contribution in [-0.2, 0) is 9.53 Å². The zero-order chi connectivity index (χ0) is 11.5. The van der Waals surface area contributed by atoms with E-state index in [1.165, 1.54) is 6.42 Å². The van der Waals surface area contributed by atoms with Crippen molar-refractivity contribution < 1.29 is 9.53 Å². The number of amides is 1. The molecule has 1 amide bonds. The van der Waals surface area contributed by atoms with Gasteiger partial charge in [0, 0.05) is 6.04 Å². The molecule has 16 heavy (non-hydrogen) atoms. The highest BCUT2D eigenvalue weighted by molar-refractivity contribution is 5.78. The van der Waals surface area contributed by atoms with Gasteiger partial charge in [-0.2, -0.15) is 0 Å². The molecular weight excluding hydrogens is 204 g/mol. The van der Waals surface area contributed by atoms with Crippen LogP contribution < -0.4 is 10.6 Å². The average Bonchev–Trinajstić information content (AvgIpc) is 2.87. The molecule has 2 aliphatic heterocycles. The summed E-state index contributed by atoms with van der Waals surface area (Å²) < 4.78 is 5.70. The van der Waals surface area contributed by atoms with Gasteiger partial charge in [-0.25, -0.2) is 0 Å². The van der Waals surface area contributed by atoms with Crippen molar-refractivity contribution in [2.75, 3.05) is 6.54 Å². The van der Waals surface area contributed by atoms with Crippen molar-refractivity contribution >= 4 is 5.91 Å². The van der Waals surface area contributed by atoms with E-state index in [2.05, 4.69) is 24.5 Å². The van der Waals surface area contributed by atoms with E-state index >= 15 is 0 Å². The molecule has 2 saturated heterocycles. The van der Waals surface area contributed by atoms with Gasteiger partial charge in [0.15, 0.2) is 0 Å². The van der Waals surface area contributed by atoms with Gasteiger partial charge in [-0.05, 0) is 32.6 Å². The maximum atomic E-state index is 11.7. The van der Waals surface area contributed by atoms with Crippen LogP contribution in [-0.4, -0.2) is 36.7 Å². The van der Waals surface area contributed by atoms with Crippen molar-refractivity contribution in [3.8, 4) is 0 Å². The maximum Gasteiger partial charge on any atom is 0.234 e. The first-order valence-corrected chi connectivity index (χ1v) is 6.37. The molecule has 2 fully saturated rings. The van der Waals surface area contributed by atoms with E-state index in [0.717, 1.165) is 19.3 Å². The fourth-order valence-electron chi connectivity index (χ4n) is 2.46. The molecule has 2 N–H and O–H groups in total. The summed E-state index contributed by atoms with van der Waals surface area (Å²) in [5, 5.41) is 6.26. The summed E-state index contributed by atoms with van der Waals surface area (Å²) in [6.45, 7) is 4.62. The maximum absolute atomic E-state index is 11.7. The Hall–Kier alpha value is -0.610. The lowest BCUT2D eigenvalue weighted by Crippen LogP contribution is -2.46. The third kappa shape index (κ3) is 2.74. The van der Waals surface area contributed by atoms with Crippen LogP contribution in [0, 0.1) is 0 Å². The minimum atomic E-state index is 0.0986. The topological polar surface area (TPSA) is 50.4 Å². The van der Waals surface area contributed by atoms with Crippen LogP contribution in [0.5, 0.6) is 0 Å². The number of ether oxygens (including phenoxy) is 1. The quantitative estimate of drug-likeness (QED) is 0.729. The molecular formula is C12H22N2O2. The van der Waals surface area contributed by atoms with Crippen LogP contribution in [0.1, 0.15) is 39.5 Å². The summed E-state index contributed by atoms with van der Waals surface area (Å²) in [6.07, 6.45) is 5.00. The van der Waals surface area contributed by atoms with Gasteiger partial charge in [-0.3, -0.25) is 4.79 Å². The number of hydrogen-bond acceptors (Lipinski definition) is 3. The van der Waals surface area contributed by atoms with E-state index in [4.69, 9.17) is 4.74 Å². The first-order valence-electron chi connectivity index (χ1n) is 6.37. The predicted molar refractivity (Wildman–Crippen MR) is 62.2 cm³/mol. The van der Waals surface area contributed by atoms with Gasteiger partial charge in [-0.15, -0.1) is 0 Å². The van der Waals surface area contributed by atoms with E-state index < -0.39 is 0 Å². The van der Waals surface area contributed by atoms with Crippen LogP contribution in [0.2, 0.25) is 0 Å². The molecule has 0 saturated carbocycles. The second-order valence-electron chi connectivity index (χ2n) is 4.97. The van der Waals surface area contributed by atoms with E-state index in [-0.39, 0.29) is 18.1 Å². The molecule has 2 aliphatic rings. The lowest BCUT2D eigenvalue weighted by Gasteiger charge is -2.20. The predicted octanol–water partition coefficient (Wildman–Crippen LogP) is 0.811. The number of nitrogens with one attached hydrogen (secondary N) is 2. The van der Waals surface area contributed by atoms with Crippen LogP contribution in [0.15, 0.2) is 0 Å². The Morgan fingerprint density at radius 1 is 1.50 bits per heavy atom. The molecule has 2 rings (SSSR count). The van der Waals surface area contributed by atoms with Crippen molar-refractivity contribution in [1.29, 1.82) is 0 Å². The van der Waals surface area contributed by atoms with E-state index in [9.17, 15) is 4.79 Å². The van der Waals surface area contributed by atoms with Crippen LogP contribution in [0.4, 0.5) is 0 Å². The minimum Gasteiger partial charge on any atom is -0.373 e. The third-order valence-corrected chi connectivity index (χ3v) is 3.68. The van der Waals surface area contributed by atoms with Gasteiger partial charge in [0.05, 0.1) is 24.8 Å². The molecule has 0 spiro atoms. The third-order valence-electron chi connectivity index (χ3n) is 3.68. The van der Waals surface area contributed by atoms with E-state index in [0.29, 0.717) is 18.7 Å². The molecule has 4 atom stereocenters. The molecule has 0 aromatic heterocycles. The monoisotopic (exact) mass is 226 g/mol. The van der Waals surface area contributed by atoms with Crippen LogP contribution >= 0.6 is 0 Å². The van der Waals surface area contributed by atoms with Crippen molar-refractivity contribution in [2.45, 2.75) is 63.8 Å². The molecule has 4 nitrogen and oxygen atoms in total. The van der Waals surface area contributed by atoms with Crippen molar-refractivity contribution in [2.24, 2.45) is 0 Å². The van der Waals surface area contributed by atoms with Crippen LogP contribution in [0.25, 0.3) is 0 Å². The smallest absolute Gasteiger partial charge is 0.234 e. The molecule has 0 aromatic rings. The second-order valence-corrected chi connectivity index (χ2v) is 4.97. The summed E-state index contributed by atoms with van der Waals surface area (Å²) in [4.78, 5) is 11.7. The van der Waals surface area contributed by atoms with E-state index in [1.54, 1.807) is 0 Å². The molecule has 0 aromatic carbocycles. The Bertz CT molecular complexity index is 257. The molecule has 92 valence electrons. The summed E-state index contributed by atoms with van der Waals surface area (Å²) in [7, 11) is 0. The van der Waals surface area contributed by atoms with Gasteiger partial charge in [0.2, 0.25) is 5.91 Å². The van der Waals surface area contributed by atoms with Gasteiger partial charge >= 0.3 is 0 Å². The summed E-state index contributed by atoms with van der Waals surface area (Å²) >= 11 is 0. The Morgan fingerprint density at radius 2 is 2.31 bits per heavy atom. The first kappa shape index (κ1) is 11.9. The Morgan fingerprint density at radius 3 is 2.88 bits per heavy atom. The first-order chi connectivity index (χ1) is 7.69. The van der Waals surface area contributed by atoms with Gasteiger partial charge < -0.3 is 15.4 Å². The fraction of sp³-hybridized carbons (Fsp3) is 0.917. The second kappa shape index (κ2) is 5.15. The Balaban J connectivity index is 1.67. The van der Waals surface area contributed by atoms with E-state index in [1.807, 2.05) is 0 Å². The number of hydrogen-bond donors (Lipinski definition) is 2. The molecule has 2 heterocycles. The number of carbonyl (C=O) groups is 1. The highest BCUT2D eigenvalue weighted by atomic mass is 16.5. The molecule has 0 radical (unpaired) electrons. The largest absolute Gasteiger partial charge is 0.373 e. The fourth-order valence-corrected chi connectivity index (χ4v) is 2.46. The summed E-state index contributed by atoms with van der Waals surface area (Å²) in [6, 6.07) is 0.659. The summed E-state index contributed by atoms with van der Waals surface area (Å²) in [5.74, 6) is 0.0986. The molecule has 2 bridgehead atoms. The van der Waals surface area contributed by atoms with Crippen molar-refractivity contribution in [1.82, 2.24) is 10.6 Å². The lowest BCUT2D eigenvalue weighted by atomic mass is 9.95. The average molecular weight is 226 g/mol. The number of rotatable bonds is 5. The highest BCUT2D eigenvalue weighted by Crippen LogP contribution is 2.34. The molecule has 4 unspecified atom stereocenters. The minimum absolute atomic E-state index is 0.0986. The zero-order valence-corrected chi connectivity index (χ0v) is 10.2.